The van der Waals surface area contributed by atoms with Crippen LogP contribution >= 0.6 is 0 Å². The third-order valence-electron chi connectivity index (χ3n) is 3.86. The van der Waals surface area contributed by atoms with E-state index in [0.717, 1.165) is 25.7 Å². The first-order valence-electron chi connectivity index (χ1n) is 6.60. The molecular weight excluding hydrogens is 252 g/mol. The molecular formula is C13H22O4S. The van der Waals surface area contributed by atoms with E-state index in [0.29, 0.717) is 24.0 Å². The van der Waals surface area contributed by atoms with Crippen LogP contribution in [0.4, 0.5) is 0 Å². The van der Waals surface area contributed by atoms with Crippen LogP contribution < -0.4 is 0 Å². The van der Waals surface area contributed by atoms with Crippen molar-refractivity contribution >= 4 is 16.8 Å². The van der Waals surface area contributed by atoms with E-state index in [1.54, 1.807) is 0 Å². The molecule has 5 heteroatoms. The molecule has 18 heavy (non-hydrogen) atoms. The van der Waals surface area contributed by atoms with Crippen molar-refractivity contribution in [2.45, 2.75) is 51.2 Å². The summed E-state index contributed by atoms with van der Waals surface area (Å²) in [6, 6.07) is 0. The standard InChI is InChI=1S/C13H22O4S/c1-10-3-4-11(17-10)8-18(15)9-13(5-6-13)7-12(14)16-2/h10-11H,3-9H2,1-2H3. The molecule has 0 aromatic rings. The third-order valence-corrected chi connectivity index (χ3v) is 5.54. The fourth-order valence-electron chi connectivity index (χ4n) is 2.54. The van der Waals surface area contributed by atoms with Gasteiger partial charge in [0.05, 0.1) is 25.7 Å². The Kier molecular flexibility index (Phi) is 4.43. The van der Waals surface area contributed by atoms with Crippen LogP contribution in [0.5, 0.6) is 0 Å². The highest BCUT2D eigenvalue weighted by atomic mass is 32.2. The molecule has 0 radical (unpaired) electrons. The number of carbonyl (C=O) groups is 1. The van der Waals surface area contributed by atoms with Crippen LogP contribution in [-0.2, 0) is 25.1 Å². The van der Waals surface area contributed by atoms with E-state index in [1.807, 2.05) is 0 Å². The molecule has 0 amide bonds. The van der Waals surface area contributed by atoms with E-state index in [2.05, 4.69) is 6.92 Å². The molecule has 2 fully saturated rings. The lowest BCUT2D eigenvalue weighted by Crippen LogP contribution is -2.24. The summed E-state index contributed by atoms with van der Waals surface area (Å²) in [5.41, 5.74) is -0.0395. The van der Waals surface area contributed by atoms with Crippen molar-refractivity contribution in [1.29, 1.82) is 0 Å². The summed E-state index contributed by atoms with van der Waals surface area (Å²) >= 11 is 0. The molecule has 0 N–H and O–H groups in total. The average molecular weight is 274 g/mol. The summed E-state index contributed by atoms with van der Waals surface area (Å²) in [6.45, 7) is 2.06. The molecule has 3 atom stereocenters. The zero-order valence-electron chi connectivity index (χ0n) is 11.1. The van der Waals surface area contributed by atoms with Gasteiger partial charge in [-0.3, -0.25) is 9.00 Å². The summed E-state index contributed by atoms with van der Waals surface area (Å²) in [7, 11) is 0.523. The summed E-state index contributed by atoms with van der Waals surface area (Å²) < 4.78 is 22.5. The van der Waals surface area contributed by atoms with E-state index in [1.165, 1.54) is 7.11 Å². The van der Waals surface area contributed by atoms with Gasteiger partial charge in [0, 0.05) is 22.3 Å². The molecule has 0 spiro atoms. The smallest absolute Gasteiger partial charge is 0.306 e. The summed E-state index contributed by atoms with van der Waals surface area (Å²) in [5, 5.41) is 0. The van der Waals surface area contributed by atoms with Gasteiger partial charge in [-0.25, -0.2) is 0 Å². The van der Waals surface area contributed by atoms with Crippen molar-refractivity contribution in [3.05, 3.63) is 0 Å². The van der Waals surface area contributed by atoms with E-state index < -0.39 is 10.8 Å². The van der Waals surface area contributed by atoms with Gasteiger partial charge < -0.3 is 9.47 Å². The second-order valence-corrected chi connectivity index (χ2v) is 7.15. The van der Waals surface area contributed by atoms with Crippen LogP contribution in [0.25, 0.3) is 0 Å². The zero-order valence-corrected chi connectivity index (χ0v) is 12.0. The molecule has 0 bridgehead atoms. The van der Waals surface area contributed by atoms with Crippen LogP contribution in [0.1, 0.15) is 39.0 Å². The number of carbonyl (C=O) groups excluding carboxylic acids is 1. The monoisotopic (exact) mass is 274 g/mol. The van der Waals surface area contributed by atoms with E-state index in [-0.39, 0.29) is 17.5 Å². The molecule has 1 saturated carbocycles. The normalized spacial score (nSPS) is 31.0. The van der Waals surface area contributed by atoms with Gasteiger partial charge in [0.2, 0.25) is 0 Å². The Labute approximate surface area is 111 Å². The van der Waals surface area contributed by atoms with Gasteiger partial charge in [-0.15, -0.1) is 0 Å². The van der Waals surface area contributed by atoms with Gasteiger partial charge in [-0.05, 0) is 38.0 Å². The first-order chi connectivity index (χ1) is 8.53. The second kappa shape index (κ2) is 5.70. The number of ether oxygens (including phenoxy) is 2. The predicted octanol–water partition coefficient (Wildman–Crippen LogP) is 1.65. The molecule has 0 aromatic heterocycles. The fourth-order valence-corrected chi connectivity index (χ4v) is 4.39. The SMILES string of the molecule is COC(=O)CC1(CS(=O)CC2CCC(C)O2)CC1. The molecule has 4 nitrogen and oxygen atoms in total. The zero-order chi connectivity index (χ0) is 13.2. The van der Waals surface area contributed by atoms with Crippen molar-refractivity contribution in [3.63, 3.8) is 0 Å². The molecule has 3 unspecified atom stereocenters. The molecule has 2 rings (SSSR count). The molecule has 1 saturated heterocycles. The quantitative estimate of drug-likeness (QED) is 0.691. The van der Waals surface area contributed by atoms with Crippen molar-refractivity contribution in [3.8, 4) is 0 Å². The Morgan fingerprint density at radius 1 is 1.44 bits per heavy atom. The van der Waals surface area contributed by atoms with Gasteiger partial charge >= 0.3 is 5.97 Å². The van der Waals surface area contributed by atoms with E-state index >= 15 is 0 Å². The molecule has 1 aliphatic carbocycles. The van der Waals surface area contributed by atoms with Crippen LogP contribution in [0.3, 0.4) is 0 Å². The first-order valence-corrected chi connectivity index (χ1v) is 8.09. The van der Waals surface area contributed by atoms with Crippen LogP contribution in [0.15, 0.2) is 0 Å². The van der Waals surface area contributed by atoms with Crippen molar-refractivity contribution in [1.82, 2.24) is 0 Å². The first kappa shape index (κ1) is 14.0. The van der Waals surface area contributed by atoms with Gasteiger partial charge in [0.15, 0.2) is 0 Å². The van der Waals surface area contributed by atoms with Crippen LogP contribution in [0.2, 0.25) is 0 Å². The van der Waals surface area contributed by atoms with Gasteiger partial charge in [-0.2, -0.15) is 0 Å². The number of hydrogen-bond acceptors (Lipinski definition) is 4. The topological polar surface area (TPSA) is 52.6 Å². The number of hydrogen-bond donors (Lipinski definition) is 0. The molecule has 0 aromatic carbocycles. The maximum absolute atomic E-state index is 12.1. The lowest BCUT2D eigenvalue weighted by Gasteiger charge is -2.15. The second-order valence-electron chi connectivity index (χ2n) is 5.65. The lowest BCUT2D eigenvalue weighted by molar-refractivity contribution is -0.141. The van der Waals surface area contributed by atoms with Crippen molar-refractivity contribution in [2.75, 3.05) is 18.6 Å². The fraction of sp³-hybridized carbons (Fsp3) is 0.923. The van der Waals surface area contributed by atoms with Gasteiger partial charge in [0.1, 0.15) is 0 Å². The summed E-state index contributed by atoms with van der Waals surface area (Å²) in [5.74, 6) is 1.05. The molecule has 1 heterocycles. The van der Waals surface area contributed by atoms with Crippen molar-refractivity contribution in [2.24, 2.45) is 5.41 Å². The largest absolute Gasteiger partial charge is 0.469 e. The molecule has 104 valence electrons. The van der Waals surface area contributed by atoms with Crippen molar-refractivity contribution < 1.29 is 18.5 Å². The minimum atomic E-state index is -0.883. The number of rotatable bonds is 6. The highest BCUT2D eigenvalue weighted by Gasteiger charge is 2.46. The Bertz CT molecular complexity index is 338. The minimum absolute atomic E-state index is 0.0395. The summed E-state index contributed by atoms with van der Waals surface area (Å²) in [6.07, 6.45) is 4.93. The lowest BCUT2D eigenvalue weighted by atomic mass is 10.1. The Hall–Kier alpha value is -0.420. The van der Waals surface area contributed by atoms with E-state index in [4.69, 9.17) is 9.47 Å². The Morgan fingerprint density at radius 3 is 2.67 bits per heavy atom. The number of methoxy groups -OCH3 is 1. The van der Waals surface area contributed by atoms with E-state index in [9.17, 15) is 9.00 Å². The third kappa shape index (κ3) is 3.79. The number of esters is 1. The predicted molar refractivity (Wildman–Crippen MR) is 69.7 cm³/mol. The van der Waals surface area contributed by atoms with Gasteiger partial charge in [-0.1, -0.05) is 0 Å². The molecule has 2 aliphatic rings. The summed E-state index contributed by atoms with van der Waals surface area (Å²) in [4.78, 5) is 11.3. The Morgan fingerprint density at radius 2 is 2.17 bits per heavy atom. The Balaban J connectivity index is 1.75. The van der Waals surface area contributed by atoms with Gasteiger partial charge in [0.25, 0.3) is 0 Å². The average Bonchev–Trinajstić information content (AvgIpc) is 2.92. The minimum Gasteiger partial charge on any atom is -0.469 e. The van der Waals surface area contributed by atoms with Crippen LogP contribution in [0, 0.1) is 5.41 Å². The highest BCUT2D eigenvalue weighted by molar-refractivity contribution is 7.85. The molecule has 1 aliphatic heterocycles. The van der Waals surface area contributed by atoms with Crippen LogP contribution in [-0.4, -0.2) is 41.0 Å². The highest BCUT2D eigenvalue weighted by Crippen LogP contribution is 2.49. The maximum atomic E-state index is 12.1. The maximum Gasteiger partial charge on any atom is 0.306 e.